The van der Waals surface area contributed by atoms with Gasteiger partial charge in [-0.05, 0) is 11.2 Å². The van der Waals surface area contributed by atoms with Crippen LogP contribution in [0, 0.1) is 0 Å². The van der Waals surface area contributed by atoms with Crippen LogP contribution in [0.4, 0.5) is 0 Å². The number of hydrogen-bond donors (Lipinski definition) is 2. The normalized spacial score (nSPS) is 13.5. The van der Waals surface area contributed by atoms with Crippen LogP contribution in [0.25, 0.3) is 0 Å². The summed E-state index contributed by atoms with van der Waals surface area (Å²) >= 11 is 3.24. The molecule has 0 amide bonds. The molecule has 0 heterocycles. The number of carbonyl (C=O) groups is 2. The second kappa shape index (κ2) is 8.78. The summed E-state index contributed by atoms with van der Waals surface area (Å²) in [5, 5.41) is 35.7. The first kappa shape index (κ1) is 21.0. The molecule has 0 aliphatic heterocycles. The Labute approximate surface area is 105 Å². The molecule has 0 aromatic carbocycles. The molecule has 2 N–H and O–H groups in total. The number of aliphatic carboxylic acids is 2. The third-order valence-corrected chi connectivity index (χ3v) is 0.782. The van der Waals surface area contributed by atoms with Gasteiger partial charge in [0.15, 0.2) is 0 Å². The van der Waals surface area contributed by atoms with Crippen molar-refractivity contribution < 1.29 is 60.4 Å². The van der Waals surface area contributed by atoms with Gasteiger partial charge in [0.25, 0.3) is 0 Å². The first-order valence-corrected chi connectivity index (χ1v) is 5.24. The smallest absolute Gasteiger partial charge is 0.780 e. The molecule has 97 valence electrons. The van der Waals surface area contributed by atoms with Crippen molar-refractivity contribution in [3.05, 3.63) is 0 Å². The van der Waals surface area contributed by atoms with Crippen molar-refractivity contribution in [2.75, 3.05) is 0 Å². The van der Waals surface area contributed by atoms with Crippen LogP contribution in [0.2, 0.25) is 0 Å². The maximum atomic E-state index is 9.63. The fourth-order valence-corrected chi connectivity index (χ4v) is 0.258. The van der Waals surface area contributed by atoms with E-state index >= 15 is 0 Å². The van der Waals surface area contributed by atoms with E-state index in [0.29, 0.717) is 0 Å². The van der Waals surface area contributed by atoms with E-state index in [9.17, 15) is 19.8 Å². The standard InChI is InChI=1S/C4H6O6.Cu.H2O3S2/c5-1(3(7)8)2(6)4(9)10;;1-5(2,3)4/h1-2,5-6H,(H,7,8)(H,9,10);;(H2,1,2,3,4)/q;+4;/p-4. The number of aliphatic hydroxyl groups is 2. The van der Waals surface area contributed by atoms with Crippen LogP contribution in [-0.4, -0.2) is 47.7 Å². The van der Waals surface area contributed by atoms with Gasteiger partial charge in [-0.3, -0.25) is 4.21 Å². The van der Waals surface area contributed by atoms with Gasteiger partial charge in [0.05, 0.1) is 11.9 Å². The third kappa shape index (κ3) is 16.1. The minimum Gasteiger partial charge on any atom is -0.780 e. The number of rotatable bonds is 3. The Bertz CT molecular complexity index is 298. The summed E-state index contributed by atoms with van der Waals surface area (Å²) in [6.45, 7) is 0. The summed E-state index contributed by atoms with van der Waals surface area (Å²) in [6, 6.07) is 0. The van der Waals surface area contributed by atoms with Crippen molar-refractivity contribution in [3.8, 4) is 0 Å². The van der Waals surface area contributed by atoms with Gasteiger partial charge in [-0.15, -0.1) is 9.05 Å². The fraction of sp³-hybridized carbons (Fsp3) is 0.500. The Morgan fingerprint density at radius 2 is 1.19 bits per heavy atom. The fourth-order valence-electron chi connectivity index (χ4n) is 0.258. The van der Waals surface area contributed by atoms with Crippen LogP contribution < -0.4 is 10.2 Å². The number of carboxylic acid groups (broad SMARTS) is 2. The van der Waals surface area contributed by atoms with Crippen molar-refractivity contribution in [2.45, 2.75) is 12.2 Å². The Balaban J connectivity index is -0.000000242. The second-order valence-electron chi connectivity index (χ2n) is 1.94. The zero-order valence-corrected chi connectivity index (χ0v) is 9.60. The summed E-state index contributed by atoms with van der Waals surface area (Å²) in [5.41, 5.74) is 0. The molecule has 0 bridgehead atoms. The van der Waals surface area contributed by atoms with Gasteiger partial charge < -0.3 is 39.1 Å². The van der Waals surface area contributed by atoms with Crippen molar-refractivity contribution in [3.63, 3.8) is 0 Å². The van der Waals surface area contributed by atoms with Gasteiger partial charge in [0, 0.05) is 0 Å². The van der Waals surface area contributed by atoms with E-state index in [1.165, 1.54) is 0 Å². The number of aliphatic hydroxyl groups excluding tert-OH is 2. The number of carboxylic acids is 2. The quantitative estimate of drug-likeness (QED) is 0.474. The average Bonchev–Trinajstić information content (AvgIpc) is 1.98. The zero-order valence-electron chi connectivity index (χ0n) is 7.02. The molecule has 0 aliphatic carbocycles. The van der Waals surface area contributed by atoms with Crippen molar-refractivity contribution in [1.82, 2.24) is 0 Å². The molecule has 0 spiro atoms. The Morgan fingerprint density at radius 1 is 1.06 bits per heavy atom. The van der Waals surface area contributed by atoms with Crippen LogP contribution in [0.3, 0.4) is 0 Å². The number of carbonyl (C=O) groups excluding carboxylic acids is 2. The van der Waals surface area contributed by atoms with Crippen LogP contribution in [0.5, 0.6) is 0 Å². The molecule has 0 aliphatic rings. The third-order valence-electron chi connectivity index (χ3n) is 0.782. The second-order valence-corrected chi connectivity index (χ2v) is 3.98. The van der Waals surface area contributed by atoms with E-state index in [1.54, 1.807) is 0 Å². The predicted molar refractivity (Wildman–Crippen MR) is 39.1 cm³/mol. The first-order valence-electron chi connectivity index (χ1n) is 2.91. The van der Waals surface area contributed by atoms with E-state index in [-0.39, 0.29) is 17.1 Å². The molecule has 2 atom stereocenters. The monoisotopic (exact) mass is 323 g/mol. The molecule has 0 saturated heterocycles. The van der Waals surface area contributed by atoms with Gasteiger partial charge >= 0.3 is 17.1 Å². The molecule has 9 nitrogen and oxygen atoms in total. The van der Waals surface area contributed by atoms with Crippen molar-refractivity contribution in [1.29, 1.82) is 0 Å². The van der Waals surface area contributed by atoms with Crippen LogP contribution in [-0.2, 0) is 46.9 Å². The average molecular weight is 324 g/mol. The summed E-state index contributed by atoms with van der Waals surface area (Å²) in [4.78, 5) is 19.3. The molecule has 12 heteroatoms. The van der Waals surface area contributed by atoms with Gasteiger partial charge in [0.2, 0.25) is 0 Å². The largest absolute Gasteiger partial charge is 4.00 e. The van der Waals surface area contributed by atoms with Gasteiger partial charge in [-0.25, -0.2) is 0 Å². The van der Waals surface area contributed by atoms with E-state index in [1.807, 2.05) is 0 Å². The molecule has 0 aromatic rings. The Hall–Kier alpha value is -0.331. The Kier molecular flexibility index (Phi) is 11.5. The minimum atomic E-state index is -4.33. The van der Waals surface area contributed by atoms with Crippen LogP contribution in [0.1, 0.15) is 0 Å². The van der Waals surface area contributed by atoms with E-state index in [0.717, 1.165) is 0 Å². The van der Waals surface area contributed by atoms with Crippen LogP contribution in [0.15, 0.2) is 0 Å². The van der Waals surface area contributed by atoms with E-state index in [2.05, 4.69) is 11.2 Å². The topological polar surface area (TPSA) is 184 Å². The zero-order chi connectivity index (χ0) is 12.8. The molecule has 1 radical (unpaired) electrons. The van der Waals surface area contributed by atoms with Crippen molar-refractivity contribution >= 4 is 32.2 Å². The predicted octanol–water partition coefficient (Wildman–Crippen LogP) is -5.80. The maximum Gasteiger partial charge on any atom is 4.00 e. The molecular formula is C4H4CuO9S2. The van der Waals surface area contributed by atoms with Gasteiger partial charge in [-0.2, -0.15) is 0 Å². The first-order chi connectivity index (χ1) is 6.46. The molecule has 0 aromatic heterocycles. The SMILES string of the molecule is O=C([O-])C(O)C(O)C(=O)[O-].O=S([O-])([O-])=S.[Cu+4]. The molecule has 0 rings (SSSR count). The number of hydrogen-bond acceptors (Lipinski definition) is 10. The van der Waals surface area contributed by atoms with Crippen molar-refractivity contribution in [2.24, 2.45) is 0 Å². The maximum absolute atomic E-state index is 9.63. The summed E-state index contributed by atoms with van der Waals surface area (Å²) in [6.07, 6.45) is -4.88. The van der Waals surface area contributed by atoms with Gasteiger partial charge in [0.1, 0.15) is 12.2 Å². The Morgan fingerprint density at radius 3 is 1.25 bits per heavy atom. The summed E-state index contributed by atoms with van der Waals surface area (Å²) in [7, 11) is -4.33. The van der Waals surface area contributed by atoms with Crippen LogP contribution >= 0.6 is 0 Å². The summed E-state index contributed by atoms with van der Waals surface area (Å²) in [5.74, 6) is -4.12. The molecule has 2 unspecified atom stereocenters. The van der Waals surface area contributed by atoms with E-state index in [4.69, 9.17) is 23.5 Å². The minimum absolute atomic E-state index is 0. The molecule has 16 heavy (non-hydrogen) atoms. The molecule has 0 saturated carbocycles. The molecule has 0 fully saturated rings. The van der Waals surface area contributed by atoms with E-state index < -0.39 is 33.2 Å². The van der Waals surface area contributed by atoms with Gasteiger partial charge in [-0.1, -0.05) is 0 Å². The summed E-state index contributed by atoms with van der Waals surface area (Å²) < 4.78 is 26.7. The molecular weight excluding hydrogens is 320 g/mol.